The summed E-state index contributed by atoms with van der Waals surface area (Å²) in [4.78, 5) is 13.2. The number of nitrogens with zero attached hydrogens (tertiary/aromatic N) is 1. The summed E-state index contributed by atoms with van der Waals surface area (Å²) in [6.07, 6.45) is 0. The molecule has 0 unspecified atom stereocenters. The third-order valence-electron chi connectivity index (χ3n) is 1.90. The minimum atomic E-state index is -0.0203. The van der Waals surface area contributed by atoms with Crippen LogP contribution in [0, 0.1) is 0 Å². The molecule has 1 rings (SSSR count). The maximum Gasteiger partial charge on any atom is 0.257 e. The fourth-order valence-corrected chi connectivity index (χ4v) is 0.948. The van der Waals surface area contributed by atoms with Crippen LogP contribution < -0.4 is 0 Å². The van der Waals surface area contributed by atoms with Crippen molar-refractivity contribution >= 4 is 5.91 Å². The fraction of sp³-hybridized carbons (Fsp3) is 0.182. The van der Waals surface area contributed by atoms with E-state index in [0.29, 0.717) is 5.56 Å². The van der Waals surface area contributed by atoms with Crippen LogP contribution in [-0.2, 0) is 0 Å². The van der Waals surface area contributed by atoms with Gasteiger partial charge in [-0.05, 0) is 19.1 Å². The molecule has 13 heavy (non-hydrogen) atoms. The zero-order valence-corrected chi connectivity index (χ0v) is 7.95. The summed E-state index contributed by atoms with van der Waals surface area (Å²) in [7, 11) is 1.72. The number of benzene rings is 1. The molecule has 2 heteroatoms. The van der Waals surface area contributed by atoms with E-state index >= 15 is 0 Å². The van der Waals surface area contributed by atoms with Gasteiger partial charge in [-0.1, -0.05) is 24.8 Å². The minimum absolute atomic E-state index is 0.0203. The molecule has 0 fully saturated rings. The molecule has 0 spiro atoms. The van der Waals surface area contributed by atoms with Crippen molar-refractivity contribution in [3.05, 3.63) is 48.2 Å². The molecule has 0 aliphatic rings. The van der Waals surface area contributed by atoms with Gasteiger partial charge in [0.2, 0.25) is 0 Å². The van der Waals surface area contributed by atoms with Crippen molar-refractivity contribution < 1.29 is 4.79 Å². The van der Waals surface area contributed by atoms with Crippen LogP contribution in [0.1, 0.15) is 17.3 Å². The smallest absolute Gasteiger partial charge is 0.257 e. The molecule has 0 radical (unpaired) electrons. The molecule has 2 nitrogen and oxygen atoms in total. The molecule has 1 aromatic rings. The number of allylic oxidation sites excluding steroid dienone is 1. The van der Waals surface area contributed by atoms with Gasteiger partial charge in [0.05, 0.1) is 0 Å². The van der Waals surface area contributed by atoms with Crippen LogP contribution in [0.4, 0.5) is 0 Å². The molecular weight excluding hydrogens is 162 g/mol. The standard InChI is InChI=1S/C11H13NO/c1-9(2)12(3)11(13)10-7-5-4-6-8-10/h4-8H,1H2,2-3H3. The van der Waals surface area contributed by atoms with Gasteiger partial charge in [0, 0.05) is 18.3 Å². The van der Waals surface area contributed by atoms with Gasteiger partial charge < -0.3 is 4.90 Å². The van der Waals surface area contributed by atoms with Crippen LogP contribution >= 0.6 is 0 Å². The van der Waals surface area contributed by atoms with E-state index in [2.05, 4.69) is 6.58 Å². The Morgan fingerprint density at radius 2 is 1.85 bits per heavy atom. The molecule has 0 saturated carbocycles. The first kappa shape index (κ1) is 9.52. The SMILES string of the molecule is C=C(C)N(C)C(=O)c1ccccc1. The molecule has 0 heterocycles. The number of hydrogen-bond donors (Lipinski definition) is 0. The summed E-state index contributed by atoms with van der Waals surface area (Å²) in [5.74, 6) is -0.0203. The second-order valence-electron chi connectivity index (χ2n) is 2.97. The lowest BCUT2D eigenvalue weighted by molar-refractivity contribution is 0.0837. The van der Waals surface area contributed by atoms with Gasteiger partial charge in [-0.25, -0.2) is 0 Å². The van der Waals surface area contributed by atoms with E-state index < -0.39 is 0 Å². The van der Waals surface area contributed by atoms with E-state index in [-0.39, 0.29) is 5.91 Å². The zero-order chi connectivity index (χ0) is 9.84. The summed E-state index contributed by atoms with van der Waals surface area (Å²) in [5.41, 5.74) is 1.43. The highest BCUT2D eigenvalue weighted by atomic mass is 16.2. The Balaban J connectivity index is 2.86. The third-order valence-corrected chi connectivity index (χ3v) is 1.90. The summed E-state index contributed by atoms with van der Waals surface area (Å²) >= 11 is 0. The van der Waals surface area contributed by atoms with Crippen LogP contribution in [0.5, 0.6) is 0 Å². The molecule has 0 aliphatic carbocycles. The van der Waals surface area contributed by atoms with Gasteiger partial charge in [-0.15, -0.1) is 0 Å². The van der Waals surface area contributed by atoms with Crippen molar-refractivity contribution in [1.29, 1.82) is 0 Å². The second kappa shape index (κ2) is 3.90. The zero-order valence-electron chi connectivity index (χ0n) is 7.95. The lowest BCUT2D eigenvalue weighted by Crippen LogP contribution is -2.24. The molecular formula is C11H13NO. The highest BCUT2D eigenvalue weighted by molar-refractivity contribution is 5.94. The Morgan fingerprint density at radius 3 is 2.31 bits per heavy atom. The van der Waals surface area contributed by atoms with E-state index in [4.69, 9.17) is 0 Å². The van der Waals surface area contributed by atoms with Gasteiger partial charge in [-0.3, -0.25) is 4.79 Å². The predicted molar refractivity (Wildman–Crippen MR) is 53.3 cm³/mol. The molecule has 0 aliphatic heterocycles. The molecule has 1 aromatic carbocycles. The van der Waals surface area contributed by atoms with Gasteiger partial charge in [0.25, 0.3) is 5.91 Å². The van der Waals surface area contributed by atoms with Crippen LogP contribution in [0.2, 0.25) is 0 Å². The maximum atomic E-state index is 11.7. The van der Waals surface area contributed by atoms with Gasteiger partial charge in [0.1, 0.15) is 0 Å². The Bertz CT molecular complexity index is 316. The largest absolute Gasteiger partial charge is 0.316 e. The molecule has 0 N–H and O–H groups in total. The van der Waals surface area contributed by atoms with Crippen LogP contribution in [0.3, 0.4) is 0 Å². The first-order valence-corrected chi connectivity index (χ1v) is 4.11. The molecule has 0 bridgehead atoms. The molecule has 0 saturated heterocycles. The van der Waals surface area contributed by atoms with Gasteiger partial charge in [0.15, 0.2) is 0 Å². The summed E-state index contributed by atoms with van der Waals surface area (Å²) < 4.78 is 0. The first-order chi connectivity index (χ1) is 6.13. The lowest BCUT2D eigenvalue weighted by atomic mass is 10.2. The minimum Gasteiger partial charge on any atom is -0.316 e. The van der Waals surface area contributed by atoms with E-state index in [1.807, 2.05) is 18.2 Å². The summed E-state index contributed by atoms with van der Waals surface area (Å²) in [5, 5.41) is 0. The second-order valence-corrected chi connectivity index (χ2v) is 2.97. The van der Waals surface area contributed by atoms with Gasteiger partial charge >= 0.3 is 0 Å². The number of hydrogen-bond acceptors (Lipinski definition) is 1. The van der Waals surface area contributed by atoms with Crippen molar-refractivity contribution in [3.8, 4) is 0 Å². The average molecular weight is 175 g/mol. The number of rotatable bonds is 2. The molecule has 0 aromatic heterocycles. The van der Waals surface area contributed by atoms with Crippen LogP contribution in [-0.4, -0.2) is 17.9 Å². The highest BCUT2D eigenvalue weighted by Crippen LogP contribution is 2.06. The van der Waals surface area contributed by atoms with E-state index in [9.17, 15) is 4.79 Å². The third kappa shape index (κ3) is 2.18. The van der Waals surface area contributed by atoms with Crippen LogP contribution in [0.25, 0.3) is 0 Å². The highest BCUT2D eigenvalue weighted by Gasteiger charge is 2.10. The van der Waals surface area contributed by atoms with Crippen molar-refractivity contribution in [2.24, 2.45) is 0 Å². The molecule has 1 amide bonds. The monoisotopic (exact) mass is 175 g/mol. The predicted octanol–water partition coefficient (Wildman–Crippen LogP) is 2.29. The first-order valence-electron chi connectivity index (χ1n) is 4.11. The quantitative estimate of drug-likeness (QED) is 0.675. The maximum absolute atomic E-state index is 11.7. The van der Waals surface area contributed by atoms with E-state index in [0.717, 1.165) is 5.70 Å². The topological polar surface area (TPSA) is 20.3 Å². The molecule has 68 valence electrons. The lowest BCUT2D eigenvalue weighted by Gasteiger charge is -2.16. The Morgan fingerprint density at radius 1 is 1.31 bits per heavy atom. The Labute approximate surface area is 78.5 Å². The summed E-state index contributed by atoms with van der Waals surface area (Å²) in [6.45, 7) is 5.51. The normalized spacial score (nSPS) is 9.38. The Hall–Kier alpha value is -1.57. The molecule has 0 atom stereocenters. The average Bonchev–Trinajstić information content (AvgIpc) is 2.17. The Kier molecular flexibility index (Phi) is 2.85. The van der Waals surface area contributed by atoms with E-state index in [1.165, 1.54) is 4.90 Å². The van der Waals surface area contributed by atoms with Crippen molar-refractivity contribution in [2.45, 2.75) is 6.92 Å². The van der Waals surface area contributed by atoms with Crippen LogP contribution in [0.15, 0.2) is 42.6 Å². The number of carbonyl (C=O) groups excluding carboxylic acids is 1. The number of carbonyl (C=O) groups is 1. The van der Waals surface area contributed by atoms with Crippen molar-refractivity contribution in [1.82, 2.24) is 4.90 Å². The summed E-state index contributed by atoms with van der Waals surface area (Å²) in [6, 6.07) is 9.17. The van der Waals surface area contributed by atoms with Crippen molar-refractivity contribution in [2.75, 3.05) is 7.05 Å². The van der Waals surface area contributed by atoms with E-state index in [1.54, 1.807) is 26.1 Å². The fourth-order valence-electron chi connectivity index (χ4n) is 0.948. The van der Waals surface area contributed by atoms with Gasteiger partial charge in [-0.2, -0.15) is 0 Å². The number of amides is 1. The van der Waals surface area contributed by atoms with Crippen molar-refractivity contribution in [3.63, 3.8) is 0 Å².